The van der Waals surface area contributed by atoms with Gasteiger partial charge in [-0.2, -0.15) is 0 Å². The van der Waals surface area contributed by atoms with E-state index in [9.17, 15) is 0 Å². The highest BCUT2D eigenvalue weighted by Crippen LogP contribution is 2.50. The number of hydrogen-bond donors (Lipinski definition) is 0. The molecule has 0 atom stereocenters. The average molecular weight is 909 g/mol. The van der Waals surface area contributed by atoms with Gasteiger partial charge in [-0.3, -0.25) is 0 Å². The molecule has 0 unspecified atom stereocenters. The summed E-state index contributed by atoms with van der Waals surface area (Å²) in [4.78, 5) is 9.47. The Bertz CT molecular complexity index is 3950. The van der Waals surface area contributed by atoms with Crippen LogP contribution in [0, 0.1) is 0 Å². The van der Waals surface area contributed by atoms with Crippen LogP contribution in [0.15, 0.2) is 271 Å². The highest BCUT2D eigenvalue weighted by atomic mass is 32.2. The predicted molar refractivity (Wildman–Crippen MR) is 287 cm³/mol. The first kappa shape index (κ1) is 40.1. The summed E-state index contributed by atoms with van der Waals surface area (Å²) in [5, 5.41) is 8.62. The Morgan fingerprint density at radius 1 is 0.265 bits per heavy atom. The number of furan rings is 2. The monoisotopic (exact) mass is 908 g/mol. The van der Waals surface area contributed by atoms with Crippen molar-refractivity contribution in [2.45, 2.75) is 19.6 Å². The Balaban J connectivity index is 0.986. The van der Waals surface area contributed by atoms with Gasteiger partial charge in [-0.05, 0) is 120 Å². The van der Waals surface area contributed by atoms with Gasteiger partial charge in [-0.1, -0.05) is 145 Å². The maximum Gasteiger partial charge on any atom is 0.147 e. The Kier molecular flexibility index (Phi) is 9.99. The number of para-hydroxylation sites is 2. The Labute approximate surface area is 401 Å². The van der Waals surface area contributed by atoms with Crippen LogP contribution in [0.25, 0.3) is 65.4 Å². The van der Waals surface area contributed by atoms with E-state index in [1.165, 1.54) is 19.6 Å². The lowest BCUT2D eigenvalue weighted by molar-refractivity contribution is 0.663. The van der Waals surface area contributed by atoms with Crippen molar-refractivity contribution in [3.63, 3.8) is 0 Å². The molecule has 11 aromatic carbocycles. The molecule has 322 valence electrons. The Morgan fingerprint density at radius 2 is 0.647 bits per heavy atom. The second-order valence-electron chi connectivity index (χ2n) is 16.8. The number of hydrogen-bond acceptors (Lipinski definition) is 6. The van der Waals surface area contributed by atoms with Gasteiger partial charge in [0.2, 0.25) is 0 Å². The van der Waals surface area contributed by atoms with Crippen LogP contribution in [0.1, 0.15) is 0 Å². The van der Waals surface area contributed by atoms with Crippen molar-refractivity contribution >= 4 is 123 Å². The molecule has 0 spiro atoms. The minimum absolute atomic E-state index is 0.784. The number of nitrogens with zero attached hydrogens (tertiary/aromatic N) is 2. The smallest absolute Gasteiger partial charge is 0.147 e. The van der Waals surface area contributed by atoms with E-state index < -0.39 is 0 Å². The Morgan fingerprint density at radius 3 is 1.13 bits per heavy atom. The predicted octanol–water partition coefficient (Wildman–Crippen LogP) is 19.0. The van der Waals surface area contributed by atoms with E-state index in [0.717, 1.165) is 99.5 Å². The SMILES string of the molecule is c1ccc(Sc2ccc(N(c3ccccc3)c3cc4oc5c(ccc6oc7cc(N(c8ccccc8)c8ccc(Sc9ccccc9)cc8)c8ccccc8c7c65)c4c4ccccc34)cc2)cc1. The highest BCUT2D eigenvalue weighted by Gasteiger charge is 2.25. The van der Waals surface area contributed by atoms with Gasteiger partial charge in [0, 0.05) is 81.4 Å². The molecule has 2 heterocycles. The molecule has 0 saturated heterocycles. The van der Waals surface area contributed by atoms with Crippen molar-refractivity contribution in [2.24, 2.45) is 0 Å². The number of benzene rings is 11. The van der Waals surface area contributed by atoms with Gasteiger partial charge in [0.1, 0.15) is 22.3 Å². The first-order valence-electron chi connectivity index (χ1n) is 22.7. The van der Waals surface area contributed by atoms with Gasteiger partial charge < -0.3 is 18.6 Å². The lowest BCUT2D eigenvalue weighted by atomic mass is 9.98. The number of rotatable bonds is 10. The van der Waals surface area contributed by atoms with Gasteiger partial charge in [0.25, 0.3) is 0 Å². The maximum atomic E-state index is 7.20. The van der Waals surface area contributed by atoms with Gasteiger partial charge >= 0.3 is 0 Å². The molecule has 68 heavy (non-hydrogen) atoms. The molecular formula is C62H40N2O2S2. The zero-order chi connectivity index (χ0) is 45.0. The molecule has 0 amide bonds. The molecule has 0 N–H and O–H groups in total. The average Bonchev–Trinajstić information content (AvgIpc) is 3.98. The summed E-state index contributed by atoms with van der Waals surface area (Å²) in [6.45, 7) is 0. The fourth-order valence-corrected chi connectivity index (χ4v) is 11.4. The number of fused-ring (bicyclic) bond motifs is 11. The van der Waals surface area contributed by atoms with Crippen LogP contribution in [0.3, 0.4) is 0 Å². The zero-order valence-corrected chi connectivity index (χ0v) is 38.3. The molecule has 0 bridgehead atoms. The zero-order valence-electron chi connectivity index (χ0n) is 36.6. The molecule has 0 fully saturated rings. The largest absolute Gasteiger partial charge is 0.456 e. The van der Waals surface area contributed by atoms with Gasteiger partial charge in [-0.25, -0.2) is 0 Å². The van der Waals surface area contributed by atoms with Crippen LogP contribution < -0.4 is 9.80 Å². The summed E-state index contributed by atoms with van der Waals surface area (Å²) in [6.07, 6.45) is 0. The first-order chi connectivity index (χ1) is 33.7. The normalized spacial score (nSPS) is 11.6. The first-order valence-corrected chi connectivity index (χ1v) is 24.4. The third-order valence-electron chi connectivity index (χ3n) is 12.7. The van der Waals surface area contributed by atoms with Crippen molar-refractivity contribution in [3.05, 3.63) is 243 Å². The third kappa shape index (κ3) is 7.05. The molecule has 13 rings (SSSR count). The molecule has 0 saturated carbocycles. The van der Waals surface area contributed by atoms with E-state index >= 15 is 0 Å². The van der Waals surface area contributed by atoms with Crippen molar-refractivity contribution in [3.8, 4) is 0 Å². The summed E-state index contributed by atoms with van der Waals surface area (Å²) < 4.78 is 14.1. The highest BCUT2D eigenvalue weighted by molar-refractivity contribution is 7.99. The van der Waals surface area contributed by atoms with Crippen LogP contribution >= 0.6 is 23.5 Å². The van der Waals surface area contributed by atoms with Crippen LogP contribution in [0.4, 0.5) is 34.1 Å². The summed E-state index contributed by atoms with van der Waals surface area (Å²) in [7, 11) is 0. The topological polar surface area (TPSA) is 32.8 Å². The minimum atomic E-state index is 0.784. The quantitative estimate of drug-likeness (QED) is 0.136. The van der Waals surface area contributed by atoms with Gasteiger partial charge in [0.05, 0.1) is 16.8 Å². The fourth-order valence-electron chi connectivity index (χ4n) is 9.73. The number of anilines is 6. The van der Waals surface area contributed by atoms with Crippen molar-refractivity contribution in [1.82, 2.24) is 0 Å². The second kappa shape index (κ2) is 16.9. The second-order valence-corrected chi connectivity index (χ2v) is 19.1. The molecule has 0 aliphatic rings. The molecule has 2 aromatic heterocycles. The lowest BCUT2D eigenvalue weighted by Crippen LogP contribution is -2.10. The van der Waals surface area contributed by atoms with Gasteiger partial charge in [-0.15, -0.1) is 0 Å². The van der Waals surface area contributed by atoms with E-state index in [0.29, 0.717) is 0 Å². The van der Waals surface area contributed by atoms with Crippen LogP contribution in [0.5, 0.6) is 0 Å². The van der Waals surface area contributed by atoms with Crippen LogP contribution in [0.2, 0.25) is 0 Å². The molecule has 0 aliphatic carbocycles. The molecular weight excluding hydrogens is 869 g/mol. The molecule has 0 radical (unpaired) electrons. The van der Waals surface area contributed by atoms with E-state index in [-0.39, 0.29) is 0 Å². The van der Waals surface area contributed by atoms with Gasteiger partial charge in [0.15, 0.2) is 0 Å². The van der Waals surface area contributed by atoms with E-state index in [4.69, 9.17) is 8.83 Å². The lowest BCUT2D eigenvalue weighted by Gasteiger charge is -2.27. The molecule has 6 heteroatoms. The molecule has 0 aliphatic heterocycles. The standard InChI is InChI=1S/C62H40N2O2S2/c1-5-17-41(18-6-1)63(43-29-33-47(34-30-43)67-45-21-9-3-10-22-45)54-39-57-59(51-27-15-13-25-49(51)54)53-37-38-56-61(62(53)66-57)60-52-28-16-14-26-50(52)55(40-58(60)65-56)64(42-19-7-2-8-20-42)44-31-35-48(36-32-44)68-46-23-11-4-12-24-46/h1-40H. The maximum absolute atomic E-state index is 7.20. The summed E-state index contributed by atoms with van der Waals surface area (Å²) >= 11 is 3.53. The minimum Gasteiger partial charge on any atom is -0.456 e. The van der Waals surface area contributed by atoms with Crippen LogP contribution in [-0.4, -0.2) is 0 Å². The fraction of sp³-hybridized carbons (Fsp3) is 0. The Hall–Kier alpha value is -8.16. The summed E-state index contributed by atoms with van der Waals surface area (Å²) in [6, 6.07) is 86.1. The van der Waals surface area contributed by atoms with Crippen molar-refractivity contribution < 1.29 is 8.83 Å². The molecule has 13 aromatic rings. The third-order valence-corrected chi connectivity index (χ3v) is 14.7. The van der Waals surface area contributed by atoms with E-state index in [2.05, 4.69) is 252 Å². The van der Waals surface area contributed by atoms with Crippen molar-refractivity contribution in [2.75, 3.05) is 9.80 Å². The summed E-state index contributed by atoms with van der Waals surface area (Å²) in [5.74, 6) is 0. The molecule has 4 nitrogen and oxygen atoms in total. The van der Waals surface area contributed by atoms with E-state index in [1.807, 2.05) is 0 Å². The van der Waals surface area contributed by atoms with E-state index in [1.54, 1.807) is 23.5 Å². The van der Waals surface area contributed by atoms with Crippen LogP contribution in [-0.2, 0) is 0 Å². The van der Waals surface area contributed by atoms with Crippen molar-refractivity contribution in [1.29, 1.82) is 0 Å². The summed E-state index contributed by atoms with van der Waals surface area (Å²) in [5.41, 5.74) is 9.53.